The number of aromatic nitrogens is 5. The summed E-state index contributed by atoms with van der Waals surface area (Å²) in [4.78, 5) is 22.8. The molecule has 0 saturated carbocycles. The van der Waals surface area contributed by atoms with Gasteiger partial charge in [0.05, 0.1) is 12.8 Å². The van der Waals surface area contributed by atoms with E-state index < -0.39 is 5.97 Å². The SMILES string of the molecule is O=C(O)c1ccc(CCCCOc2ccc(-n3cncn3)nc2)cn1. The maximum atomic E-state index is 10.7. The van der Waals surface area contributed by atoms with Gasteiger partial charge in [-0.05, 0) is 43.0 Å². The van der Waals surface area contributed by atoms with E-state index in [9.17, 15) is 4.79 Å². The van der Waals surface area contributed by atoms with Gasteiger partial charge in [0.25, 0.3) is 0 Å². The first-order valence-electron chi connectivity index (χ1n) is 7.84. The summed E-state index contributed by atoms with van der Waals surface area (Å²) in [5.74, 6) is 0.377. The standard InChI is InChI=1S/C17H17N5O3/c23-17(24)15-6-4-13(9-19-15)3-1-2-8-25-14-5-7-16(20-10-14)22-12-18-11-21-22/h4-7,9-12H,1-3,8H2,(H,23,24). The fraction of sp³-hybridized carbons (Fsp3) is 0.235. The molecule has 0 fully saturated rings. The molecule has 0 aliphatic heterocycles. The summed E-state index contributed by atoms with van der Waals surface area (Å²) in [6.07, 6.45) is 8.95. The zero-order valence-electron chi connectivity index (χ0n) is 13.4. The maximum Gasteiger partial charge on any atom is 0.354 e. The van der Waals surface area contributed by atoms with E-state index >= 15 is 0 Å². The molecular weight excluding hydrogens is 322 g/mol. The summed E-state index contributed by atoms with van der Waals surface area (Å²) in [5, 5.41) is 12.8. The summed E-state index contributed by atoms with van der Waals surface area (Å²) in [6, 6.07) is 6.98. The minimum Gasteiger partial charge on any atom is -0.492 e. The molecule has 0 aromatic carbocycles. The van der Waals surface area contributed by atoms with Crippen molar-refractivity contribution in [2.24, 2.45) is 0 Å². The molecule has 3 rings (SSSR count). The number of unbranched alkanes of at least 4 members (excludes halogenated alkanes) is 1. The molecule has 3 aromatic rings. The Balaban J connectivity index is 1.39. The molecule has 3 aromatic heterocycles. The Bertz CT molecular complexity index is 801. The van der Waals surface area contributed by atoms with Crippen molar-refractivity contribution in [2.75, 3.05) is 6.61 Å². The van der Waals surface area contributed by atoms with Crippen molar-refractivity contribution in [1.29, 1.82) is 0 Å². The minimum absolute atomic E-state index is 0.0638. The van der Waals surface area contributed by atoms with Crippen LogP contribution in [-0.2, 0) is 6.42 Å². The largest absolute Gasteiger partial charge is 0.492 e. The molecule has 0 aliphatic rings. The number of aromatic carboxylic acids is 1. The molecular formula is C17H17N5O3. The second kappa shape index (κ2) is 8.00. The van der Waals surface area contributed by atoms with E-state index in [1.807, 2.05) is 12.1 Å². The summed E-state index contributed by atoms with van der Waals surface area (Å²) in [5.41, 5.74) is 1.08. The van der Waals surface area contributed by atoms with Gasteiger partial charge in [-0.2, -0.15) is 5.10 Å². The lowest BCUT2D eigenvalue weighted by molar-refractivity contribution is 0.0690. The molecule has 0 amide bonds. The fourth-order valence-corrected chi connectivity index (χ4v) is 2.24. The number of rotatable bonds is 8. The Morgan fingerprint density at radius 1 is 1.12 bits per heavy atom. The Morgan fingerprint density at radius 3 is 2.68 bits per heavy atom. The molecule has 0 spiro atoms. The number of aryl methyl sites for hydroxylation is 1. The molecule has 25 heavy (non-hydrogen) atoms. The lowest BCUT2D eigenvalue weighted by atomic mass is 10.1. The third-order valence-corrected chi connectivity index (χ3v) is 3.55. The third-order valence-electron chi connectivity index (χ3n) is 3.55. The van der Waals surface area contributed by atoms with Gasteiger partial charge in [0.2, 0.25) is 0 Å². The predicted octanol–water partition coefficient (Wildman–Crippen LogP) is 2.16. The highest BCUT2D eigenvalue weighted by Crippen LogP contribution is 2.12. The van der Waals surface area contributed by atoms with Gasteiger partial charge in [0.1, 0.15) is 24.1 Å². The van der Waals surface area contributed by atoms with E-state index in [1.165, 1.54) is 12.4 Å². The van der Waals surface area contributed by atoms with E-state index in [4.69, 9.17) is 9.84 Å². The molecule has 1 N–H and O–H groups in total. The van der Waals surface area contributed by atoms with Gasteiger partial charge in [-0.1, -0.05) is 6.07 Å². The molecule has 0 saturated heterocycles. The van der Waals surface area contributed by atoms with Gasteiger partial charge in [-0.15, -0.1) is 0 Å². The Labute approximate surface area is 144 Å². The highest BCUT2D eigenvalue weighted by atomic mass is 16.5. The van der Waals surface area contributed by atoms with Gasteiger partial charge < -0.3 is 9.84 Å². The van der Waals surface area contributed by atoms with Crippen molar-refractivity contribution >= 4 is 5.97 Å². The predicted molar refractivity (Wildman–Crippen MR) is 88.8 cm³/mol. The molecule has 0 aliphatic carbocycles. The van der Waals surface area contributed by atoms with E-state index in [0.29, 0.717) is 18.2 Å². The van der Waals surface area contributed by atoms with Gasteiger partial charge in [-0.3, -0.25) is 0 Å². The molecule has 0 bridgehead atoms. The van der Waals surface area contributed by atoms with E-state index in [2.05, 4.69) is 20.1 Å². The quantitative estimate of drug-likeness (QED) is 0.627. The fourth-order valence-electron chi connectivity index (χ4n) is 2.24. The van der Waals surface area contributed by atoms with Crippen LogP contribution in [0.2, 0.25) is 0 Å². The van der Waals surface area contributed by atoms with Crippen LogP contribution in [0.3, 0.4) is 0 Å². The summed E-state index contributed by atoms with van der Waals surface area (Å²) >= 11 is 0. The third kappa shape index (κ3) is 4.60. The second-order valence-corrected chi connectivity index (χ2v) is 5.35. The van der Waals surface area contributed by atoms with Crippen LogP contribution < -0.4 is 4.74 Å². The van der Waals surface area contributed by atoms with Gasteiger partial charge in [0.15, 0.2) is 5.82 Å². The average molecular weight is 339 g/mol. The zero-order valence-corrected chi connectivity index (χ0v) is 13.4. The molecule has 8 nitrogen and oxygen atoms in total. The minimum atomic E-state index is -1.01. The number of carboxylic acids is 1. The highest BCUT2D eigenvalue weighted by Gasteiger charge is 2.04. The van der Waals surface area contributed by atoms with Crippen LogP contribution in [0, 0.1) is 0 Å². The number of carbonyl (C=O) groups is 1. The van der Waals surface area contributed by atoms with Crippen molar-refractivity contribution in [1.82, 2.24) is 24.7 Å². The maximum absolute atomic E-state index is 10.7. The monoisotopic (exact) mass is 339 g/mol. The van der Waals surface area contributed by atoms with Crippen LogP contribution in [0.15, 0.2) is 49.3 Å². The van der Waals surface area contributed by atoms with Crippen LogP contribution in [0.4, 0.5) is 0 Å². The van der Waals surface area contributed by atoms with E-state index in [-0.39, 0.29) is 5.69 Å². The van der Waals surface area contributed by atoms with Gasteiger partial charge >= 0.3 is 5.97 Å². The lowest BCUT2D eigenvalue weighted by Crippen LogP contribution is -2.02. The molecule has 3 heterocycles. The Hall–Kier alpha value is -3.29. The number of hydrogen-bond acceptors (Lipinski definition) is 6. The Morgan fingerprint density at radius 2 is 2.04 bits per heavy atom. The smallest absolute Gasteiger partial charge is 0.354 e. The van der Waals surface area contributed by atoms with E-state index in [1.54, 1.807) is 29.5 Å². The number of carboxylic acid groups (broad SMARTS) is 1. The summed E-state index contributed by atoms with van der Waals surface area (Å²) in [6.45, 7) is 0.588. The summed E-state index contributed by atoms with van der Waals surface area (Å²) < 4.78 is 7.24. The molecule has 8 heteroatoms. The van der Waals surface area contributed by atoms with Crippen LogP contribution in [0.5, 0.6) is 5.75 Å². The first-order valence-corrected chi connectivity index (χ1v) is 7.84. The number of nitrogens with zero attached hydrogens (tertiary/aromatic N) is 5. The van der Waals surface area contributed by atoms with Crippen molar-refractivity contribution in [2.45, 2.75) is 19.3 Å². The number of hydrogen-bond donors (Lipinski definition) is 1. The van der Waals surface area contributed by atoms with Crippen LogP contribution in [-0.4, -0.2) is 42.4 Å². The van der Waals surface area contributed by atoms with Gasteiger partial charge in [0, 0.05) is 6.20 Å². The zero-order chi connectivity index (χ0) is 17.5. The first kappa shape index (κ1) is 16.6. The van der Waals surface area contributed by atoms with Crippen molar-refractivity contribution in [3.8, 4) is 11.6 Å². The van der Waals surface area contributed by atoms with Crippen molar-refractivity contribution in [3.05, 3.63) is 60.6 Å². The number of pyridine rings is 2. The van der Waals surface area contributed by atoms with Crippen LogP contribution in [0.25, 0.3) is 5.82 Å². The molecule has 0 unspecified atom stereocenters. The molecule has 128 valence electrons. The van der Waals surface area contributed by atoms with Crippen molar-refractivity contribution < 1.29 is 14.6 Å². The molecule has 0 atom stereocenters. The van der Waals surface area contributed by atoms with Gasteiger partial charge in [-0.25, -0.2) is 24.4 Å². The second-order valence-electron chi connectivity index (χ2n) is 5.35. The highest BCUT2D eigenvalue weighted by molar-refractivity contribution is 5.85. The van der Waals surface area contributed by atoms with Crippen LogP contribution in [0.1, 0.15) is 28.9 Å². The molecule has 0 radical (unpaired) electrons. The van der Waals surface area contributed by atoms with Crippen LogP contribution >= 0.6 is 0 Å². The van der Waals surface area contributed by atoms with E-state index in [0.717, 1.165) is 24.8 Å². The lowest BCUT2D eigenvalue weighted by Gasteiger charge is -2.07. The van der Waals surface area contributed by atoms with Crippen molar-refractivity contribution in [3.63, 3.8) is 0 Å². The Kier molecular flexibility index (Phi) is 5.30. The average Bonchev–Trinajstić information content (AvgIpc) is 3.17. The topological polar surface area (TPSA) is 103 Å². The number of ether oxygens (including phenoxy) is 1. The normalized spacial score (nSPS) is 10.6. The first-order chi connectivity index (χ1) is 12.2. The summed E-state index contributed by atoms with van der Waals surface area (Å²) in [7, 11) is 0.